The highest BCUT2D eigenvalue weighted by Crippen LogP contribution is 2.38. The maximum absolute atomic E-state index is 13.5. The third-order valence-electron chi connectivity index (χ3n) is 6.73. The van der Waals surface area contributed by atoms with E-state index >= 15 is 0 Å². The van der Waals surface area contributed by atoms with Crippen LogP contribution in [-0.2, 0) is 27.1 Å². The Morgan fingerprint density at radius 1 is 1.03 bits per heavy atom. The largest absolute Gasteiger partial charge is 0.446 e. The van der Waals surface area contributed by atoms with E-state index in [1.807, 2.05) is 57.2 Å². The summed E-state index contributed by atoms with van der Waals surface area (Å²) >= 11 is 0. The molecule has 176 valence electrons. The predicted molar refractivity (Wildman–Crippen MR) is 130 cm³/mol. The molecule has 1 aliphatic heterocycles. The summed E-state index contributed by atoms with van der Waals surface area (Å²) in [6.45, 7) is 6.00. The first-order valence-corrected chi connectivity index (χ1v) is 12.0. The van der Waals surface area contributed by atoms with Crippen LogP contribution in [0.5, 0.6) is 0 Å². The maximum atomic E-state index is 13.5. The number of carbonyl (C=O) groups is 2. The Morgan fingerprint density at radius 3 is 2.45 bits per heavy atom. The van der Waals surface area contributed by atoms with E-state index in [4.69, 9.17) is 9.47 Å². The zero-order valence-corrected chi connectivity index (χ0v) is 19.9. The van der Waals surface area contributed by atoms with Gasteiger partial charge in [-0.1, -0.05) is 31.2 Å². The van der Waals surface area contributed by atoms with Crippen molar-refractivity contribution in [1.29, 1.82) is 0 Å². The normalized spacial score (nSPS) is 16.0. The molecule has 1 fully saturated rings. The third-order valence-corrected chi connectivity index (χ3v) is 6.73. The summed E-state index contributed by atoms with van der Waals surface area (Å²) in [7, 11) is 0. The fraction of sp³-hybridized carbons (Fsp3) is 0.481. The number of nitrogens with zero attached hydrogens (tertiary/aromatic N) is 1. The summed E-state index contributed by atoms with van der Waals surface area (Å²) in [5.41, 5.74) is 4.06. The number of anilines is 3. The van der Waals surface area contributed by atoms with Crippen molar-refractivity contribution in [1.82, 2.24) is 0 Å². The van der Waals surface area contributed by atoms with E-state index in [-0.39, 0.29) is 24.2 Å². The smallest absolute Gasteiger partial charge is 0.411 e. The minimum absolute atomic E-state index is 0.00477. The van der Waals surface area contributed by atoms with Gasteiger partial charge in [-0.3, -0.25) is 15.0 Å². The van der Waals surface area contributed by atoms with Gasteiger partial charge in [0.15, 0.2) is 0 Å². The summed E-state index contributed by atoms with van der Waals surface area (Å²) in [6.07, 6.45) is 6.06. The monoisotopic (exact) mass is 450 g/mol. The number of hydrogen-bond acceptors (Lipinski definition) is 4. The molecule has 2 amide bonds. The number of hydrogen-bond donors (Lipinski definition) is 1. The van der Waals surface area contributed by atoms with Crippen molar-refractivity contribution in [3.05, 3.63) is 53.6 Å². The van der Waals surface area contributed by atoms with E-state index in [1.165, 1.54) is 0 Å². The summed E-state index contributed by atoms with van der Waals surface area (Å²) < 4.78 is 11.5. The van der Waals surface area contributed by atoms with Gasteiger partial charge >= 0.3 is 6.09 Å². The second kappa shape index (κ2) is 9.96. The Hall–Kier alpha value is -2.86. The van der Waals surface area contributed by atoms with Gasteiger partial charge in [-0.25, -0.2) is 4.79 Å². The second-order valence-corrected chi connectivity index (χ2v) is 9.54. The van der Waals surface area contributed by atoms with Gasteiger partial charge in [0, 0.05) is 5.69 Å². The molecule has 0 spiro atoms. The van der Waals surface area contributed by atoms with Gasteiger partial charge in [-0.05, 0) is 88.1 Å². The quantitative estimate of drug-likeness (QED) is 0.573. The van der Waals surface area contributed by atoms with E-state index in [0.717, 1.165) is 67.4 Å². The first-order chi connectivity index (χ1) is 15.9. The Bertz CT molecular complexity index is 1010. The molecule has 2 aromatic carbocycles. The molecule has 0 atom stereocenters. The molecule has 0 unspecified atom stereocenters. The van der Waals surface area contributed by atoms with Crippen LogP contribution in [0.15, 0.2) is 42.5 Å². The van der Waals surface area contributed by atoms with Crippen molar-refractivity contribution < 1.29 is 19.1 Å². The van der Waals surface area contributed by atoms with Gasteiger partial charge in [0.05, 0.1) is 17.0 Å². The van der Waals surface area contributed by atoms with Crippen molar-refractivity contribution >= 4 is 29.1 Å². The number of amides is 2. The van der Waals surface area contributed by atoms with E-state index < -0.39 is 6.09 Å². The first-order valence-electron chi connectivity index (χ1n) is 12.0. The Morgan fingerprint density at radius 2 is 1.73 bits per heavy atom. The van der Waals surface area contributed by atoms with E-state index in [2.05, 4.69) is 11.4 Å². The molecule has 6 heteroatoms. The Kier molecular flexibility index (Phi) is 7.03. The number of fused-ring (bicyclic) bond motifs is 2. The van der Waals surface area contributed by atoms with Crippen LogP contribution in [0.4, 0.5) is 21.9 Å². The van der Waals surface area contributed by atoms with Crippen LogP contribution in [0.3, 0.4) is 0 Å². The van der Waals surface area contributed by atoms with Crippen LogP contribution in [0, 0.1) is 0 Å². The van der Waals surface area contributed by atoms with Crippen LogP contribution in [0.1, 0.15) is 64.0 Å². The molecule has 1 saturated carbocycles. The third kappa shape index (κ3) is 5.56. The highest BCUT2D eigenvalue weighted by molar-refractivity contribution is 6.03. The van der Waals surface area contributed by atoms with Gasteiger partial charge in [0.25, 0.3) is 5.91 Å². The fourth-order valence-corrected chi connectivity index (χ4v) is 4.40. The number of rotatable bonds is 6. The SMILES string of the molecule is CCC(C)(C)OCC(=O)N1c2ccccc2CCc2ccc(NC(=O)OC3CCCC3)cc21. The minimum atomic E-state index is -0.443. The average Bonchev–Trinajstić information content (AvgIpc) is 3.25. The van der Waals surface area contributed by atoms with Gasteiger partial charge in [0.1, 0.15) is 12.7 Å². The summed E-state index contributed by atoms with van der Waals surface area (Å²) in [4.78, 5) is 27.7. The highest BCUT2D eigenvalue weighted by atomic mass is 16.6. The number of nitrogens with one attached hydrogen (secondary N) is 1. The summed E-state index contributed by atoms with van der Waals surface area (Å²) in [5.74, 6) is -0.127. The predicted octanol–water partition coefficient (Wildman–Crippen LogP) is 6.15. The lowest BCUT2D eigenvalue weighted by Crippen LogP contribution is -2.35. The van der Waals surface area contributed by atoms with Crippen molar-refractivity contribution in [3.63, 3.8) is 0 Å². The number of benzene rings is 2. The fourth-order valence-electron chi connectivity index (χ4n) is 4.40. The lowest BCUT2D eigenvalue weighted by molar-refractivity contribution is -0.128. The van der Waals surface area contributed by atoms with Crippen molar-refractivity contribution in [2.75, 3.05) is 16.8 Å². The van der Waals surface area contributed by atoms with Crippen LogP contribution in [0.25, 0.3) is 0 Å². The lowest BCUT2D eigenvalue weighted by atomic mass is 10.0. The molecular formula is C27H34N2O4. The number of aryl methyl sites for hydroxylation is 2. The lowest BCUT2D eigenvalue weighted by Gasteiger charge is -2.28. The van der Waals surface area contributed by atoms with Crippen LogP contribution in [-0.4, -0.2) is 30.3 Å². The minimum Gasteiger partial charge on any atom is -0.446 e. The van der Waals surface area contributed by atoms with Crippen molar-refractivity contribution in [2.45, 2.75) is 77.4 Å². The standard InChI is InChI=1S/C27H34N2O4/c1-4-27(2,3)32-18-25(30)29-23-12-8-5-9-19(23)13-14-20-15-16-21(17-24(20)29)28-26(31)33-22-10-6-7-11-22/h5,8-9,12,15-17,22H,4,6-7,10-11,13-14,18H2,1-3H3,(H,28,31). The molecule has 0 saturated heterocycles. The summed E-state index contributed by atoms with van der Waals surface area (Å²) in [6, 6.07) is 13.7. The number of ether oxygens (including phenoxy) is 2. The van der Waals surface area contributed by atoms with E-state index in [1.54, 1.807) is 4.90 Å². The Labute approximate surface area is 196 Å². The molecule has 6 nitrogen and oxygen atoms in total. The van der Waals surface area contributed by atoms with Crippen molar-refractivity contribution in [2.24, 2.45) is 0 Å². The van der Waals surface area contributed by atoms with Crippen LogP contribution in [0.2, 0.25) is 0 Å². The number of carbonyl (C=O) groups excluding carboxylic acids is 2. The zero-order valence-electron chi connectivity index (χ0n) is 19.9. The topological polar surface area (TPSA) is 67.9 Å². The number of para-hydroxylation sites is 1. The van der Waals surface area contributed by atoms with E-state index in [0.29, 0.717) is 5.69 Å². The molecule has 1 heterocycles. The molecule has 1 N–H and O–H groups in total. The van der Waals surface area contributed by atoms with Gasteiger partial charge in [-0.2, -0.15) is 0 Å². The highest BCUT2D eigenvalue weighted by Gasteiger charge is 2.28. The molecule has 4 rings (SSSR count). The molecule has 33 heavy (non-hydrogen) atoms. The molecule has 1 aliphatic carbocycles. The van der Waals surface area contributed by atoms with Crippen LogP contribution >= 0.6 is 0 Å². The summed E-state index contributed by atoms with van der Waals surface area (Å²) in [5, 5.41) is 2.86. The molecule has 0 aromatic heterocycles. The molecular weight excluding hydrogens is 416 g/mol. The van der Waals surface area contributed by atoms with Crippen molar-refractivity contribution in [3.8, 4) is 0 Å². The molecule has 2 aliphatic rings. The molecule has 0 bridgehead atoms. The van der Waals surface area contributed by atoms with Crippen LogP contribution < -0.4 is 10.2 Å². The second-order valence-electron chi connectivity index (χ2n) is 9.54. The van der Waals surface area contributed by atoms with Gasteiger partial charge in [0.2, 0.25) is 0 Å². The van der Waals surface area contributed by atoms with E-state index in [9.17, 15) is 9.59 Å². The Balaban J connectivity index is 1.62. The molecule has 0 radical (unpaired) electrons. The molecule has 2 aromatic rings. The van der Waals surface area contributed by atoms with Gasteiger partial charge in [-0.15, -0.1) is 0 Å². The average molecular weight is 451 g/mol. The zero-order chi connectivity index (χ0) is 23.4. The first kappa shape index (κ1) is 23.3. The van der Waals surface area contributed by atoms with Gasteiger partial charge < -0.3 is 9.47 Å². The maximum Gasteiger partial charge on any atom is 0.411 e.